The third kappa shape index (κ3) is 7.08. The highest BCUT2D eigenvalue weighted by Gasteiger charge is 2.46. The molecular formula is C35H42F3N5O3. The number of fused-ring (bicyclic) bond motifs is 1. The van der Waals surface area contributed by atoms with Gasteiger partial charge in [-0.3, -0.25) is 9.69 Å². The second kappa shape index (κ2) is 13.5. The number of anilines is 2. The molecule has 3 fully saturated rings. The monoisotopic (exact) mass is 637 g/mol. The number of likely N-dealkylation sites (tertiary alicyclic amines) is 1. The number of rotatable bonds is 8. The number of halogens is 3. The van der Waals surface area contributed by atoms with E-state index in [1.165, 1.54) is 18.1 Å². The molecule has 1 aromatic heterocycles. The summed E-state index contributed by atoms with van der Waals surface area (Å²) in [7, 11) is 3.05. The first kappa shape index (κ1) is 32.1. The van der Waals surface area contributed by atoms with Gasteiger partial charge in [-0.15, -0.1) is 0 Å². The number of hydrogen-bond donors (Lipinski definition) is 3. The smallest absolute Gasteiger partial charge is 0.406 e. The summed E-state index contributed by atoms with van der Waals surface area (Å²) in [4.78, 5) is 14.6. The van der Waals surface area contributed by atoms with Crippen molar-refractivity contribution < 1.29 is 27.4 Å². The summed E-state index contributed by atoms with van der Waals surface area (Å²) in [5.41, 5.74) is 3.08. The van der Waals surface area contributed by atoms with Gasteiger partial charge in [-0.25, -0.2) is 0 Å². The molecule has 2 aliphatic heterocycles. The van der Waals surface area contributed by atoms with Crippen molar-refractivity contribution in [3.8, 4) is 17.6 Å². The molecule has 1 aliphatic carbocycles. The molecule has 1 saturated carbocycles. The first-order valence-corrected chi connectivity index (χ1v) is 16.1. The van der Waals surface area contributed by atoms with Crippen molar-refractivity contribution in [3.05, 3.63) is 53.7 Å². The van der Waals surface area contributed by atoms with Crippen LogP contribution in [0.2, 0.25) is 0 Å². The molecule has 0 unspecified atom stereocenters. The first-order chi connectivity index (χ1) is 22.2. The van der Waals surface area contributed by atoms with E-state index < -0.39 is 12.7 Å². The van der Waals surface area contributed by atoms with E-state index in [0.717, 1.165) is 69.5 Å². The number of amides is 1. The van der Waals surface area contributed by atoms with Crippen LogP contribution in [0.4, 0.5) is 24.5 Å². The third-order valence-corrected chi connectivity index (χ3v) is 9.61. The second-order valence-corrected chi connectivity index (χ2v) is 12.8. The fourth-order valence-corrected chi connectivity index (χ4v) is 7.30. The fourth-order valence-electron chi connectivity index (χ4n) is 7.30. The molecule has 11 heteroatoms. The van der Waals surface area contributed by atoms with Crippen LogP contribution in [0, 0.1) is 17.3 Å². The van der Waals surface area contributed by atoms with Gasteiger partial charge in [0.2, 0.25) is 0 Å². The predicted octanol–water partition coefficient (Wildman–Crippen LogP) is 5.87. The van der Waals surface area contributed by atoms with Crippen molar-refractivity contribution in [2.75, 3.05) is 57.6 Å². The van der Waals surface area contributed by atoms with Gasteiger partial charge in [-0.05, 0) is 80.8 Å². The van der Waals surface area contributed by atoms with Crippen LogP contribution in [0.3, 0.4) is 0 Å². The number of aromatic nitrogens is 1. The molecule has 2 aromatic carbocycles. The summed E-state index contributed by atoms with van der Waals surface area (Å²) in [6, 6.07) is 13.1. The molecule has 6 rings (SSSR count). The largest absolute Gasteiger partial charge is 0.495 e. The first-order valence-electron chi connectivity index (χ1n) is 16.1. The second-order valence-electron chi connectivity index (χ2n) is 12.8. The molecule has 2 saturated heterocycles. The van der Waals surface area contributed by atoms with Crippen LogP contribution in [0.25, 0.3) is 10.9 Å². The summed E-state index contributed by atoms with van der Waals surface area (Å²) in [5, 5.41) is 10.1. The zero-order valence-corrected chi connectivity index (χ0v) is 26.4. The maximum atomic E-state index is 13.7. The summed E-state index contributed by atoms with van der Waals surface area (Å²) < 4.78 is 53.5. The minimum Gasteiger partial charge on any atom is -0.495 e. The number of benzene rings is 2. The maximum absolute atomic E-state index is 13.7. The molecule has 246 valence electrons. The molecule has 0 radical (unpaired) electrons. The standard InChI is InChI=1S/C35H42F3N5O3/c1-39-33(44)24-9-14-30(32(18-24)45-2)40-16-4-6-27-19-28-29(7-3-8-31(28)43(27)22-35(36,37)38)41-25-10-12-26(13-11-25)42-20-34(21-42)15-5-17-46-23-34/h3,7-9,14,18-19,25-26,40-41H,5,10-13,15-17,20-23H2,1-2H3,(H,39,44)/t25-,26+. The predicted molar refractivity (Wildman–Crippen MR) is 173 cm³/mol. The average Bonchev–Trinajstić information content (AvgIpc) is 3.38. The lowest BCUT2D eigenvalue weighted by atomic mass is 9.73. The van der Waals surface area contributed by atoms with E-state index >= 15 is 0 Å². The van der Waals surface area contributed by atoms with E-state index in [0.29, 0.717) is 39.7 Å². The lowest BCUT2D eigenvalue weighted by molar-refractivity contribution is -0.140. The van der Waals surface area contributed by atoms with Gasteiger partial charge in [0.1, 0.15) is 12.3 Å². The van der Waals surface area contributed by atoms with Crippen molar-refractivity contribution in [2.24, 2.45) is 5.41 Å². The Bertz CT molecular complexity index is 1600. The van der Waals surface area contributed by atoms with Gasteiger partial charge in [0.25, 0.3) is 5.91 Å². The maximum Gasteiger partial charge on any atom is 0.406 e. The van der Waals surface area contributed by atoms with Crippen LogP contribution in [-0.2, 0) is 11.3 Å². The number of ether oxygens (including phenoxy) is 2. The number of nitrogens with zero attached hydrogens (tertiary/aromatic N) is 2. The van der Waals surface area contributed by atoms with Gasteiger partial charge in [-0.1, -0.05) is 12.0 Å². The van der Waals surface area contributed by atoms with Gasteiger partial charge in [0.05, 0.1) is 37.2 Å². The number of carbonyl (C=O) groups is 1. The van der Waals surface area contributed by atoms with Crippen molar-refractivity contribution in [1.82, 2.24) is 14.8 Å². The van der Waals surface area contributed by atoms with Crippen LogP contribution in [0.5, 0.6) is 5.75 Å². The van der Waals surface area contributed by atoms with Crippen LogP contribution in [0.15, 0.2) is 42.5 Å². The Labute approximate surface area is 268 Å². The minimum absolute atomic E-state index is 0.169. The zero-order chi connectivity index (χ0) is 32.3. The molecule has 3 aromatic rings. The normalized spacial score (nSPS) is 21.2. The van der Waals surface area contributed by atoms with E-state index in [1.54, 1.807) is 37.4 Å². The van der Waals surface area contributed by atoms with E-state index in [2.05, 4.69) is 32.7 Å². The van der Waals surface area contributed by atoms with Gasteiger partial charge >= 0.3 is 6.18 Å². The van der Waals surface area contributed by atoms with E-state index in [-0.39, 0.29) is 18.5 Å². The van der Waals surface area contributed by atoms with E-state index in [9.17, 15) is 18.0 Å². The molecule has 0 bridgehead atoms. The van der Waals surface area contributed by atoms with Crippen LogP contribution < -0.4 is 20.7 Å². The Balaban J connectivity index is 1.13. The van der Waals surface area contributed by atoms with Crippen LogP contribution >= 0.6 is 0 Å². The quantitative estimate of drug-likeness (QED) is 0.268. The molecule has 46 heavy (non-hydrogen) atoms. The Morgan fingerprint density at radius 1 is 1.11 bits per heavy atom. The average molecular weight is 638 g/mol. The Kier molecular flexibility index (Phi) is 9.39. The molecule has 1 amide bonds. The summed E-state index contributed by atoms with van der Waals surface area (Å²) in [6.07, 6.45) is 2.31. The number of nitrogens with one attached hydrogen (secondary N) is 3. The van der Waals surface area contributed by atoms with Crippen molar-refractivity contribution in [3.63, 3.8) is 0 Å². The number of alkyl halides is 3. The molecule has 3 heterocycles. The Morgan fingerprint density at radius 2 is 1.91 bits per heavy atom. The van der Waals surface area contributed by atoms with Gasteiger partial charge in [-0.2, -0.15) is 13.2 Å². The van der Waals surface area contributed by atoms with Gasteiger partial charge in [0, 0.05) is 60.9 Å². The molecule has 3 aliphatic rings. The fraction of sp³-hybridized carbons (Fsp3) is 0.514. The summed E-state index contributed by atoms with van der Waals surface area (Å²) in [5.74, 6) is 6.16. The highest BCUT2D eigenvalue weighted by Crippen LogP contribution is 2.42. The van der Waals surface area contributed by atoms with Crippen LogP contribution in [-0.4, -0.2) is 80.6 Å². The number of carbonyl (C=O) groups excluding carboxylic acids is 1. The lowest BCUT2D eigenvalue weighted by Crippen LogP contribution is -2.63. The van der Waals surface area contributed by atoms with Gasteiger partial charge in [0.15, 0.2) is 0 Å². The molecule has 1 spiro atoms. The summed E-state index contributed by atoms with van der Waals surface area (Å²) in [6.45, 7) is 3.10. The molecule has 3 N–H and O–H groups in total. The molecule has 0 atom stereocenters. The zero-order valence-electron chi connectivity index (χ0n) is 26.4. The molecule has 8 nitrogen and oxygen atoms in total. The van der Waals surface area contributed by atoms with Crippen molar-refractivity contribution in [2.45, 2.75) is 63.3 Å². The lowest BCUT2D eigenvalue weighted by Gasteiger charge is -2.55. The topological polar surface area (TPSA) is 79.8 Å². The SMILES string of the molecule is CNC(=O)c1ccc(NCC#Cc2cc3c(N[C@H]4CC[C@@H](N5CC6(CCCOC6)C5)CC4)cccc3n2CC(F)(F)F)c(OC)c1. The number of methoxy groups -OCH3 is 1. The van der Waals surface area contributed by atoms with E-state index in [4.69, 9.17) is 9.47 Å². The third-order valence-electron chi connectivity index (χ3n) is 9.61. The highest BCUT2D eigenvalue weighted by molar-refractivity contribution is 5.95. The Hall–Kier alpha value is -3.88. The highest BCUT2D eigenvalue weighted by atomic mass is 19.4. The Morgan fingerprint density at radius 3 is 2.61 bits per heavy atom. The number of hydrogen-bond acceptors (Lipinski definition) is 6. The van der Waals surface area contributed by atoms with E-state index in [1.807, 2.05) is 12.1 Å². The molecular weight excluding hydrogens is 595 g/mol. The summed E-state index contributed by atoms with van der Waals surface area (Å²) >= 11 is 0. The van der Waals surface area contributed by atoms with Gasteiger partial charge < -0.3 is 30.0 Å². The van der Waals surface area contributed by atoms with Crippen molar-refractivity contribution >= 4 is 28.2 Å². The van der Waals surface area contributed by atoms with Crippen LogP contribution in [0.1, 0.15) is 54.6 Å². The van der Waals surface area contributed by atoms with Crippen molar-refractivity contribution in [1.29, 1.82) is 0 Å². The minimum atomic E-state index is -4.40.